The maximum absolute atomic E-state index is 12.4. The maximum atomic E-state index is 12.4. The first-order valence-electron chi connectivity index (χ1n) is 5.67. The van der Waals surface area contributed by atoms with Crippen molar-refractivity contribution in [3.8, 4) is 0 Å². The van der Waals surface area contributed by atoms with Crippen molar-refractivity contribution in [1.29, 1.82) is 0 Å². The molecule has 1 aromatic carbocycles. The summed E-state index contributed by atoms with van der Waals surface area (Å²) in [4.78, 5) is 0.158. The number of nitrogens with zero attached hydrogens (tertiary/aromatic N) is 1. The van der Waals surface area contributed by atoms with Gasteiger partial charge in [0.1, 0.15) is 0 Å². The molecule has 4 nitrogen and oxygen atoms in total. The van der Waals surface area contributed by atoms with Gasteiger partial charge in [0, 0.05) is 12.6 Å². The molecular formula is C12H19ClN2O2S. The number of nitrogen functional groups attached to an aromatic ring is 1. The fourth-order valence-electron chi connectivity index (χ4n) is 1.37. The standard InChI is InChI=1S/C12H19ClN2O2S/c1-5-12(2,3)15(4)18(16,17)9-6-7-11(14)10(13)8-9/h6-8H,5,14H2,1-4H3. The Morgan fingerprint density at radius 2 is 1.94 bits per heavy atom. The van der Waals surface area contributed by atoms with Crippen LogP contribution in [0.2, 0.25) is 5.02 Å². The number of halogens is 1. The van der Waals surface area contributed by atoms with E-state index in [9.17, 15) is 8.42 Å². The third kappa shape index (κ3) is 2.79. The topological polar surface area (TPSA) is 63.4 Å². The number of hydrogen-bond acceptors (Lipinski definition) is 3. The Hall–Kier alpha value is -0.780. The number of anilines is 1. The lowest BCUT2D eigenvalue weighted by Gasteiger charge is -2.33. The van der Waals surface area contributed by atoms with E-state index in [1.807, 2.05) is 20.8 Å². The predicted octanol–water partition coefficient (Wildman–Crippen LogP) is 2.73. The SMILES string of the molecule is CCC(C)(C)N(C)S(=O)(=O)c1ccc(N)c(Cl)c1. The lowest BCUT2D eigenvalue weighted by atomic mass is 10.0. The van der Waals surface area contributed by atoms with Gasteiger partial charge in [-0.1, -0.05) is 18.5 Å². The van der Waals surface area contributed by atoms with Gasteiger partial charge < -0.3 is 5.73 Å². The zero-order valence-electron chi connectivity index (χ0n) is 11.1. The monoisotopic (exact) mass is 290 g/mol. The van der Waals surface area contributed by atoms with Crippen LogP contribution >= 0.6 is 11.6 Å². The van der Waals surface area contributed by atoms with E-state index in [2.05, 4.69) is 0 Å². The largest absolute Gasteiger partial charge is 0.398 e. The summed E-state index contributed by atoms with van der Waals surface area (Å²) in [6.07, 6.45) is 0.714. The van der Waals surface area contributed by atoms with Crippen molar-refractivity contribution in [2.45, 2.75) is 37.6 Å². The minimum Gasteiger partial charge on any atom is -0.398 e. The van der Waals surface area contributed by atoms with Gasteiger partial charge in [-0.05, 0) is 38.5 Å². The highest BCUT2D eigenvalue weighted by Crippen LogP contribution is 2.28. The van der Waals surface area contributed by atoms with Gasteiger partial charge in [0.05, 0.1) is 15.6 Å². The number of nitrogens with two attached hydrogens (primary N) is 1. The summed E-state index contributed by atoms with van der Waals surface area (Å²) >= 11 is 5.86. The van der Waals surface area contributed by atoms with Gasteiger partial charge in [0.2, 0.25) is 10.0 Å². The summed E-state index contributed by atoms with van der Waals surface area (Å²) in [5, 5.41) is 0.249. The van der Waals surface area contributed by atoms with Gasteiger partial charge in [-0.15, -0.1) is 0 Å². The van der Waals surface area contributed by atoms with Crippen molar-refractivity contribution in [3.63, 3.8) is 0 Å². The molecule has 2 N–H and O–H groups in total. The molecule has 0 heterocycles. The number of rotatable bonds is 4. The lowest BCUT2D eigenvalue weighted by Crippen LogP contribution is -2.44. The number of hydrogen-bond donors (Lipinski definition) is 1. The van der Waals surface area contributed by atoms with Crippen molar-refractivity contribution in [1.82, 2.24) is 4.31 Å². The second-order valence-electron chi connectivity index (χ2n) is 4.82. The first-order valence-corrected chi connectivity index (χ1v) is 7.49. The fourth-order valence-corrected chi connectivity index (χ4v) is 3.22. The third-order valence-electron chi connectivity index (χ3n) is 3.35. The summed E-state index contributed by atoms with van der Waals surface area (Å²) in [5.41, 5.74) is 5.50. The molecule has 0 spiro atoms. The van der Waals surface area contributed by atoms with Crippen LogP contribution in [0.4, 0.5) is 5.69 Å². The molecule has 0 unspecified atom stereocenters. The molecule has 0 aromatic heterocycles. The zero-order valence-corrected chi connectivity index (χ0v) is 12.6. The Morgan fingerprint density at radius 3 is 2.39 bits per heavy atom. The molecule has 0 aliphatic rings. The van der Waals surface area contributed by atoms with Crippen LogP contribution in [-0.4, -0.2) is 25.3 Å². The van der Waals surface area contributed by atoms with Crippen molar-refractivity contribution in [2.24, 2.45) is 0 Å². The van der Waals surface area contributed by atoms with E-state index < -0.39 is 15.6 Å². The van der Waals surface area contributed by atoms with E-state index in [0.29, 0.717) is 12.1 Å². The van der Waals surface area contributed by atoms with Crippen LogP contribution in [0.25, 0.3) is 0 Å². The van der Waals surface area contributed by atoms with Gasteiger partial charge in [-0.3, -0.25) is 0 Å². The van der Waals surface area contributed by atoms with Gasteiger partial charge in [0.25, 0.3) is 0 Å². The normalized spacial score (nSPS) is 13.0. The molecule has 0 radical (unpaired) electrons. The molecule has 0 atom stereocenters. The third-order valence-corrected chi connectivity index (χ3v) is 5.74. The Morgan fingerprint density at radius 1 is 1.39 bits per heavy atom. The van der Waals surface area contributed by atoms with Crippen molar-refractivity contribution < 1.29 is 8.42 Å². The fraction of sp³-hybridized carbons (Fsp3) is 0.500. The molecule has 0 fully saturated rings. The highest BCUT2D eigenvalue weighted by Gasteiger charge is 2.32. The first kappa shape index (κ1) is 15.3. The number of sulfonamides is 1. The quantitative estimate of drug-likeness (QED) is 0.867. The Balaban J connectivity index is 3.26. The van der Waals surface area contributed by atoms with Crippen LogP contribution in [0, 0.1) is 0 Å². The summed E-state index contributed by atoms with van der Waals surface area (Å²) < 4.78 is 26.2. The van der Waals surface area contributed by atoms with Crippen LogP contribution in [0.3, 0.4) is 0 Å². The van der Waals surface area contributed by atoms with E-state index in [1.54, 1.807) is 7.05 Å². The van der Waals surface area contributed by atoms with E-state index in [1.165, 1.54) is 22.5 Å². The van der Waals surface area contributed by atoms with Gasteiger partial charge in [0.15, 0.2) is 0 Å². The minimum absolute atomic E-state index is 0.158. The van der Waals surface area contributed by atoms with Crippen LogP contribution in [0.1, 0.15) is 27.2 Å². The molecule has 1 aromatic rings. The molecule has 18 heavy (non-hydrogen) atoms. The zero-order chi connectivity index (χ0) is 14.1. The summed E-state index contributed by atoms with van der Waals surface area (Å²) in [5.74, 6) is 0. The average Bonchev–Trinajstić information content (AvgIpc) is 2.31. The molecule has 0 saturated heterocycles. The second kappa shape index (κ2) is 5.07. The first-order chi connectivity index (χ1) is 8.13. The lowest BCUT2D eigenvalue weighted by molar-refractivity contribution is 0.257. The van der Waals surface area contributed by atoms with Gasteiger partial charge in [-0.25, -0.2) is 8.42 Å². The maximum Gasteiger partial charge on any atom is 0.243 e. The predicted molar refractivity (Wildman–Crippen MR) is 75.2 cm³/mol. The van der Waals surface area contributed by atoms with Crippen LogP contribution in [-0.2, 0) is 10.0 Å². The van der Waals surface area contributed by atoms with Crippen molar-refractivity contribution >= 4 is 27.3 Å². The Bertz CT molecular complexity index is 541. The molecule has 102 valence electrons. The van der Waals surface area contributed by atoms with E-state index in [-0.39, 0.29) is 9.92 Å². The van der Waals surface area contributed by atoms with Crippen molar-refractivity contribution in [3.05, 3.63) is 23.2 Å². The molecule has 6 heteroatoms. The van der Waals surface area contributed by atoms with Gasteiger partial charge >= 0.3 is 0 Å². The smallest absolute Gasteiger partial charge is 0.243 e. The van der Waals surface area contributed by atoms with Gasteiger partial charge in [-0.2, -0.15) is 4.31 Å². The van der Waals surface area contributed by atoms with E-state index in [0.717, 1.165) is 0 Å². The molecule has 0 aliphatic heterocycles. The second-order valence-corrected chi connectivity index (χ2v) is 7.20. The average molecular weight is 291 g/mol. The van der Waals surface area contributed by atoms with Crippen molar-refractivity contribution in [2.75, 3.05) is 12.8 Å². The molecule has 1 rings (SSSR count). The molecular weight excluding hydrogens is 272 g/mol. The molecule has 0 aliphatic carbocycles. The van der Waals surface area contributed by atoms with Crippen LogP contribution in [0.15, 0.2) is 23.1 Å². The van der Waals surface area contributed by atoms with Crippen LogP contribution in [0.5, 0.6) is 0 Å². The molecule has 0 amide bonds. The minimum atomic E-state index is -3.55. The van der Waals surface area contributed by atoms with E-state index >= 15 is 0 Å². The molecule has 0 saturated carbocycles. The van der Waals surface area contributed by atoms with Crippen LogP contribution < -0.4 is 5.73 Å². The Kier molecular flexibility index (Phi) is 4.30. The Labute approximate surface area is 114 Å². The number of benzene rings is 1. The van der Waals surface area contributed by atoms with E-state index in [4.69, 9.17) is 17.3 Å². The highest BCUT2D eigenvalue weighted by molar-refractivity contribution is 7.89. The summed E-state index contributed by atoms with van der Waals surface area (Å²) in [6, 6.07) is 4.36. The highest BCUT2D eigenvalue weighted by atomic mass is 35.5. The summed E-state index contributed by atoms with van der Waals surface area (Å²) in [7, 11) is -1.98. The summed E-state index contributed by atoms with van der Waals surface area (Å²) in [6.45, 7) is 5.70. The molecule has 0 bridgehead atoms.